The van der Waals surface area contributed by atoms with Crippen LogP contribution in [0.2, 0.25) is 0 Å². The summed E-state index contributed by atoms with van der Waals surface area (Å²) in [6.45, 7) is 0. The molecule has 1 atom stereocenters. The molecule has 0 saturated heterocycles. The molecule has 6 heteroatoms. The van der Waals surface area contributed by atoms with Crippen LogP contribution in [-0.2, 0) is 9.59 Å². The van der Waals surface area contributed by atoms with Crippen molar-refractivity contribution in [3.8, 4) is 0 Å². The summed E-state index contributed by atoms with van der Waals surface area (Å²) in [4.78, 5) is 20.8. The second-order valence-electron chi connectivity index (χ2n) is 2.68. The summed E-state index contributed by atoms with van der Waals surface area (Å²) >= 11 is 7.86. The average molecular weight is 224 g/mol. The van der Waals surface area contributed by atoms with Crippen LogP contribution in [0.4, 0.5) is 0 Å². The zero-order valence-electron chi connectivity index (χ0n) is 6.88. The van der Waals surface area contributed by atoms with E-state index < -0.39 is 17.9 Å². The van der Waals surface area contributed by atoms with Gasteiger partial charge in [0.25, 0.3) is 0 Å². The molecule has 0 fully saturated rings. The first-order chi connectivity index (χ1) is 5.93. The molecule has 0 aromatic rings. The quantitative estimate of drug-likeness (QED) is 0.403. The Kier molecular flexibility index (Phi) is 5.98. The third-order valence-electron chi connectivity index (χ3n) is 1.55. The van der Waals surface area contributed by atoms with Crippen LogP contribution >= 0.6 is 25.3 Å². The zero-order chi connectivity index (χ0) is 10.4. The van der Waals surface area contributed by atoms with Gasteiger partial charge in [-0.1, -0.05) is 0 Å². The Labute approximate surface area is 87.2 Å². The molecule has 13 heavy (non-hydrogen) atoms. The molecular formula is C7H12O4S2. The van der Waals surface area contributed by atoms with Gasteiger partial charge in [-0.25, -0.2) is 0 Å². The van der Waals surface area contributed by atoms with Gasteiger partial charge in [0.15, 0.2) is 0 Å². The maximum Gasteiger partial charge on any atom is 0.306 e. The Morgan fingerprint density at radius 3 is 2.08 bits per heavy atom. The van der Waals surface area contributed by atoms with Gasteiger partial charge in [-0.05, 0) is 12.8 Å². The van der Waals surface area contributed by atoms with E-state index in [9.17, 15) is 9.59 Å². The molecule has 0 rings (SSSR count). The molecule has 0 heterocycles. The number of thiol groups is 2. The fourth-order valence-corrected chi connectivity index (χ4v) is 1.40. The lowest BCUT2D eigenvalue weighted by Crippen LogP contribution is -2.17. The van der Waals surface area contributed by atoms with Crippen molar-refractivity contribution in [3.05, 3.63) is 0 Å². The van der Waals surface area contributed by atoms with Gasteiger partial charge in [-0.3, -0.25) is 9.59 Å². The largest absolute Gasteiger partial charge is 0.481 e. The molecule has 0 bridgehead atoms. The summed E-state index contributed by atoms with van der Waals surface area (Å²) in [5.74, 6) is -2.65. The third-order valence-corrected chi connectivity index (χ3v) is 1.97. The van der Waals surface area contributed by atoms with E-state index in [0.717, 1.165) is 0 Å². The van der Waals surface area contributed by atoms with E-state index in [-0.39, 0.29) is 23.8 Å². The Bertz CT molecular complexity index is 193. The van der Waals surface area contributed by atoms with Crippen molar-refractivity contribution in [2.75, 3.05) is 0 Å². The van der Waals surface area contributed by atoms with Crippen molar-refractivity contribution in [1.29, 1.82) is 0 Å². The molecule has 0 spiro atoms. The second-order valence-corrected chi connectivity index (χ2v) is 4.34. The van der Waals surface area contributed by atoms with E-state index in [1.54, 1.807) is 0 Å². The predicted molar refractivity (Wildman–Crippen MR) is 54.4 cm³/mol. The maximum atomic E-state index is 10.6. The number of carboxylic acids is 2. The summed E-state index contributed by atoms with van der Waals surface area (Å²) < 4.78 is -0.324. The fourth-order valence-electron chi connectivity index (χ4n) is 0.894. The molecule has 0 aliphatic heterocycles. The van der Waals surface area contributed by atoms with Crippen molar-refractivity contribution < 1.29 is 19.8 Å². The smallest absolute Gasteiger partial charge is 0.306 e. The summed E-state index contributed by atoms with van der Waals surface area (Å²) in [6, 6.07) is 0. The molecule has 0 radical (unpaired) electrons. The van der Waals surface area contributed by atoms with Crippen LogP contribution in [0.3, 0.4) is 0 Å². The lowest BCUT2D eigenvalue weighted by atomic mass is 10.0. The van der Waals surface area contributed by atoms with Crippen molar-refractivity contribution in [2.24, 2.45) is 5.92 Å². The lowest BCUT2D eigenvalue weighted by Gasteiger charge is -2.11. The van der Waals surface area contributed by atoms with Crippen LogP contribution in [0.25, 0.3) is 0 Å². The fraction of sp³-hybridized carbons (Fsp3) is 0.714. The van der Waals surface area contributed by atoms with Crippen LogP contribution in [0.5, 0.6) is 0 Å². The number of rotatable bonds is 6. The summed E-state index contributed by atoms with van der Waals surface area (Å²) in [5.41, 5.74) is 0. The Hall–Kier alpha value is -0.360. The predicted octanol–water partition coefficient (Wildman–Crippen LogP) is 1.13. The van der Waals surface area contributed by atoms with Crippen LogP contribution in [0, 0.1) is 5.92 Å². The SMILES string of the molecule is O=C(O)CCC(CC(S)S)C(=O)O. The number of hydrogen-bond acceptors (Lipinski definition) is 4. The van der Waals surface area contributed by atoms with E-state index in [4.69, 9.17) is 10.2 Å². The normalized spacial score (nSPS) is 12.8. The van der Waals surface area contributed by atoms with Crippen LogP contribution in [0.15, 0.2) is 0 Å². The van der Waals surface area contributed by atoms with Crippen LogP contribution < -0.4 is 0 Å². The van der Waals surface area contributed by atoms with Crippen molar-refractivity contribution in [2.45, 2.75) is 23.8 Å². The Morgan fingerprint density at radius 1 is 1.23 bits per heavy atom. The standard InChI is InChI=1S/C7H12O4S2/c8-5(9)2-1-4(7(10)11)3-6(12)13/h4,6,12-13H,1-3H2,(H,8,9)(H,10,11). The number of carboxylic acid groups (broad SMARTS) is 2. The third kappa shape index (κ3) is 6.77. The van der Waals surface area contributed by atoms with E-state index in [0.29, 0.717) is 0 Å². The highest BCUT2D eigenvalue weighted by atomic mass is 32.2. The summed E-state index contributed by atoms with van der Waals surface area (Å²) in [5, 5.41) is 17.0. The molecule has 0 aliphatic carbocycles. The van der Waals surface area contributed by atoms with Crippen molar-refractivity contribution in [3.63, 3.8) is 0 Å². The first-order valence-corrected chi connectivity index (χ1v) is 4.77. The van der Waals surface area contributed by atoms with Gasteiger partial charge in [-0.2, -0.15) is 25.3 Å². The van der Waals surface area contributed by atoms with E-state index in [2.05, 4.69) is 25.3 Å². The second kappa shape index (κ2) is 6.15. The highest BCUT2D eigenvalue weighted by Gasteiger charge is 2.20. The molecular weight excluding hydrogens is 212 g/mol. The Morgan fingerprint density at radius 2 is 1.77 bits per heavy atom. The lowest BCUT2D eigenvalue weighted by molar-refractivity contribution is -0.143. The number of hydrogen-bond donors (Lipinski definition) is 4. The molecule has 76 valence electrons. The van der Waals surface area contributed by atoms with E-state index in [1.165, 1.54) is 0 Å². The summed E-state index contributed by atoms with van der Waals surface area (Å²) in [7, 11) is 0. The minimum absolute atomic E-state index is 0.127. The van der Waals surface area contributed by atoms with Gasteiger partial charge >= 0.3 is 11.9 Å². The number of aliphatic carboxylic acids is 2. The molecule has 0 amide bonds. The molecule has 1 unspecified atom stereocenters. The number of carbonyl (C=O) groups is 2. The molecule has 2 N–H and O–H groups in total. The average Bonchev–Trinajstić information content (AvgIpc) is 1.96. The van der Waals surface area contributed by atoms with Gasteiger partial charge in [0, 0.05) is 11.0 Å². The van der Waals surface area contributed by atoms with E-state index >= 15 is 0 Å². The van der Waals surface area contributed by atoms with E-state index in [1.807, 2.05) is 0 Å². The van der Waals surface area contributed by atoms with Gasteiger partial charge in [0.05, 0.1) is 5.92 Å². The molecule has 0 aliphatic rings. The highest BCUT2D eigenvalue weighted by Crippen LogP contribution is 2.19. The zero-order valence-corrected chi connectivity index (χ0v) is 8.67. The molecule has 0 aromatic carbocycles. The molecule has 4 nitrogen and oxygen atoms in total. The van der Waals surface area contributed by atoms with Gasteiger partial charge in [-0.15, -0.1) is 0 Å². The van der Waals surface area contributed by atoms with Gasteiger partial charge in [0.1, 0.15) is 0 Å². The van der Waals surface area contributed by atoms with Crippen molar-refractivity contribution >= 4 is 37.2 Å². The minimum Gasteiger partial charge on any atom is -0.481 e. The molecule has 0 aromatic heterocycles. The Balaban J connectivity index is 3.95. The minimum atomic E-state index is -0.991. The maximum absolute atomic E-state index is 10.6. The van der Waals surface area contributed by atoms with Gasteiger partial charge in [0.2, 0.25) is 0 Å². The summed E-state index contributed by atoms with van der Waals surface area (Å²) in [6.07, 6.45) is 0.266. The van der Waals surface area contributed by atoms with Crippen LogP contribution in [-0.4, -0.2) is 26.7 Å². The first kappa shape index (κ1) is 12.6. The molecule has 0 saturated carbocycles. The topological polar surface area (TPSA) is 74.6 Å². The monoisotopic (exact) mass is 224 g/mol. The van der Waals surface area contributed by atoms with Gasteiger partial charge < -0.3 is 10.2 Å². The van der Waals surface area contributed by atoms with Crippen LogP contribution in [0.1, 0.15) is 19.3 Å². The van der Waals surface area contributed by atoms with Crippen molar-refractivity contribution in [1.82, 2.24) is 0 Å². The first-order valence-electron chi connectivity index (χ1n) is 3.74. The highest BCUT2D eigenvalue weighted by molar-refractivity contribution is 7.99.